The molecule has 1 heterocycles. The Morgan fingerprint density at radius 1 is 1.28 bits per heavy atom. The van der Waals surface area contributed by atoms with E-state index in [9.17, 15) is 14.9 Å². The average molecular weight is 491 g/mol. The third-order valence-corrected chi connectivity index (χ3v) is 6.28. The molecule has 0 fully saturated rings. The zero-order valence-electron chi connectivity index (χ0n) is 15.2. The average Bonchev–Trinajstić information content (AvgIpc) is 2.71. The lowest BCUT2D eigenvalue weighted by Gasteiger charge is -2.25. The van der Waals surface area contributed by atoms with Crippen LogP contribution in [0, 0.1) is 11.3 Å². The maximum absolute atomic E-state index is 12.2. The lowest BCUT2D eigenvalue weighted by atomic mass is 9.87. The summed E-state index contributed by atoms with van der Waals surface area (Å²) < 4.78 is 0.972. The number of carbonyl (C=O) groups excluding carboxylic acids is 2. The number of nitrogens with zero attached hydrogens (tertiary/aromatic N) is 1. The standard InChI is InChI=1S/C21H17BrClN3O2S/c22-14-7-5-13(6-8-14)11-25-20(28)12-29-21-17(10-24)16(9-19(27)26-21)15-3-1-2-4-18(15)23/h1-8,16H,9,11-12H2,(H,25,28)(H,26,27)/t16-/m0/s1. The third kappa shape index (κ3) is 5.63. The molecule has 5 nitrogen and oxygen atoms in total. The molecule has 0 saturated heterocycles. The fraction of sp³-hybridized carbons (Fsp3) is 0.190. The monoisotopic (exact) mass is 489 g/mol. The molecule has 0 saturated carbocycles. The highest BCUT2D eigenvalue weighted by atomic mass is 79.9. The summed E-state index contributed by atoms with van der Waals surface area (Å²) in [6.45, 7) is 0.408. The number of carbonyl (C=O) groups is 2. The van der Waals surface area contributed by atoms with Crippen LogP contribution in [0.5, 0.6) is 0 Å². The Bertz CT molecular complexity index is 1000. The van der Waals surface area contributed by atoms with Crippen LogP contribution in [0.2, 0.25) is 5.02 Å². The van der Waals surface area contributed by atoms with Gasteiger partial charge in [0.25, 0.3) is 0 Å². The van der Waals surface area contributed by atoms with Gasteiger partial charge in [-0.1, -0.05) is 69.6 Å². The van der Waals surface area contributed by atoms with Gasteiger partial charge in [-0.05, 0) is 29.3 Å². The van der Waals surface area contributed by atoms with E-state index in [1.165, 1.54) is 0 Å². The number of halogens is 2. The SMILES string of the molecule is N#CC1=C(SCC(=O)NCc2ccc(Br)cc2)NC(=O)C[C@H]1c1ccccc1Cl. The van der Waals surface area contributed by atoms with E-state index in [1.54, 1.807) is 12.1 Å². The van der Waals surface area contributed by atoms with Crippen molar-refractivity contribution < 1.29 is 9.59 Å². The minimum atomic E-state index is -0.421. The normalized spacial score (nSPS) is 16.2. The first-order valence-electron chi connectivity index (χ1n) is 8.80. The maximum Gasteiger partial charge on any atom is 0.230 e. The van der Waals surface area contributed by atoms with Gasteiger partial charge < -0.3 is 10.6 Å². The quantitative estimate of drug-likeness (QED) is 0.625. The first-order chi connectivity index (χ1) is 14.0. The van der Waals surface area contributed by atoms with Crippen LogP contribution in [-0.4, -0.2) is 17.6 Å². The van der Waals surface area contributed by atoms with Crippen molar-refractivity contribution in [2.45, 2.75) is 18.9 Å². The summed E-state index contributed by atoms with van der Waals surface area (Å²) in [5.74, 6) is -0.716. The number of rotatable bonds is 6. The molecule has 0 aromatic heterocycles. The molecule has 1 atom stereocenters. The highest BCUT2D eigenvalue weighted by molar-refractivity contribution is 9.10. The number of hydrogen-bond acceptors (Lipinski definition) is 4. The summed E-state index contributed by atoms with van der Waals surface area (Å²) in [5.41, 5.74) is 2.13. The molecule has 2 amide bonds. The van der Waals surface area contributed by atoms with Crippen molar-refractivity contribution in [2.24, 2.45) is 0 Å². The van der Waals surface area contributed by atoms with Gasteiger partial charge in [0.1, 0.15) is 0 Å². The zero-order valence-corrected chi connectivity index (χ0v) is 18.4. The fourth-order valence-electron chi connectivity index (χ4n) is 2.95. The predicted molar refractivity (Wildman–Crippen MR) is 118 cm³/mol. The molecule has 148 valence electrons. The Morgan fingerprint density at radius 3 is 2.69 bits per heavy atom. The summed E-state index contributed by atoms with van der Waals surface area (Å²) in [7, 11) is 0. The molecule has 0 unspecified atom stereocenters. The largest absolute Gasteiger partial charge is 0.351 e. The van der Waals surface area contributed by atoms with Gasteiger partial charge in [-0.3, -0.25) is 9.59 Å². The van der Waals surface area contributed by atoms with Crippen molar-refractivity contribution >= 4 is 51.1 Å². The molecule has 0 spiro atoms. The van der Waals surface area contributed by atoms with Gasteiger partial charge in [0.05, 0.1) is 22.4 Å². The molecular formula is C21H17BrClN3O2S. The molecule has 2 aromatic rings. The molecule has 0 bridgehead atoms. The van der Waals surface area contributed by atoms with Crippen molar-refractivity contribution in [1.29, 1.82) is 5.26 Å². The van der Waals surface area contributed by atoms with Crippen LogP contribution in [0.1, 0.15) is 23.5 Å². The second kappa shape index (κ2) is 9.97. The summed E-state index contributed by atoms with van der Waals surface area (Å²) >= 11 is 10.8. The van der Waals surface area contributed by atoms with Gasteiger partial charge in [0, 0.05) is 28.4 Å². The number of benzene rings is 2. The topological polar surface area (TPSA) is 82.0 Å². The number of hydrogen-bond donors (Lipinski definition) is 2. The minimum Gasteiger partial charge on any atom is -0.351 e. The first kappa shape index (κ1) is 21.4. The molecule has 2 N–H and O–H groups in total. The van der Waals surface area contributed by atoms with Crippen molar-refractivity contribution in [3.05, 3.63) is 79.8 Å². The van der Waals surface area contributed by atoms with Crippen LogP contribution in [0.4, 0.5) is 0 Å². The van der Waals surface area contributed by atoms with Crippen LogP contribution in [0.15, 0.2) is 63.6 Å². The molecular weight excluding hydrogens is 474 g/mol. The zero-order chi connectivity index (χ0) is 20.8. The second-order valence-corrected chi connectivity index (χ2v) is 8.68. The van der Waals surface area contributed by atoms with Crippen LogP contribution >= 0.6 is 39.3 Å². The van der Waals surface area contributed by atoms with E-state index in [0.717, 1.165) is 27.4 Å². The van der Waals surface area contributed by atoms with Crippen LogP contribution in [-0.2, 0) is 16.1 Å². The number of thioether (sulfide) groups is 1. The lowest BCUT2D eigenvalue weighted by Crippen LogP contribution is -2.32. The van der Waals surface area contributed by atoms with Gasteiger partial charge in [-0.25, -0.2) is 0 Å². The van der Waals surface area contributed by atoms with E-state index < -0.39 is 5.92 Å². The Morgan fingerprint density at radius 2 is 2.00 bits per heavy atom. The third-order valence-electron chi connectivity index (χ3n) is 4.39. The van der Waals surface area contributed by atoms with E-state index >= 15 is 0 Å². The van der Waals surface area contributed by atoms with E-state index in [-0.39, 0.29) is 24.0 Å². The Balaban J connectivity index is 1.68. The van der Waals surface area contributed by atoms with Gasteiger partial charge >= 0.3 is 0 Å². The summed E-state index contributed by atoms with van der Waals surface area (Å²) in [5, 5.41) is 16.2. The van der Waals surface area contributed by atoms with Crippen LogP contribution in [0.25, 0.3) is 0 Å². The second-order valence-electron chi connectivity index (χ2n) is 6.37. The van der Waals surface area contributed by atoms with E-state index in [0.29, 0.717) is 22.2 Å². The molecule has 29 heavy (non-hydrogen) atoms. The first-order valence-corrected chi connectivity index (χ1v) is 11.0. The Kier molecular flexibility index (Phi) is 7.37. The highest BCUT2D eigenvalue weighted by Gasteiger charge is 2.30. The molecule has 0 aliphatic carbocycles. The van der Waals surface area contributed by atoms with Crippen molar-refractivity contribution in [3.8, 4) is 6.07 Å². The fourth-order valence-corrected chi connectivity index (χ4v) is 4.39. The smallest absolute Gasteiger partial charge is 0.230 e. The Hall–Kier alpha value is -2.27. The lowest BCUT2D eigenvalue weighted by molar-refractivity contribution is -0.121. The van der Waals surface area contributed by atoms with Crippen molar-refractivity contribution in [3.63, 3.8) is 0 Å². The molecule has 2 aromatic carbocycles. The Labute approximate surface area is 186 Å². The van der Waals surface area contributed by atoms with Crippen molar-refractivity contribution in [2.75, 3.05) is 5.75 Å². The van der Waals surface area contributed by atoms with Crippen LogP contribution < -0.4 is 10.6 Å². The van der Waals surface area contributed by atoms with Gasteiger partial charge in [0.2, 0.25) is 11.8 Å². The number of allylic oxidation sites excluding steroid dienone is 1. The van der Waals surface area contributed by atoms with Crippen LogP contribution in [0.3, 0.4) is 0 Å². The summed E-state index contributed by atoms with van der Waals surface area (Å²) in [6.07, 6.45) is 0.145. The number of nitrogens with one attached hydrogen (secondary N) is 2. The number of nitriles is 1. The summed E-state index contributed by atoms with van der Waals surface area (Å²) in [4.78, 5) is 24.4. The van der Waals surface area contributed by atoms with E-state index in [2.05, 4.69) is 32.6 Å². The van der Waals surface area contributed by atoms with E-state index in [4.69, 9.17) is 11.6 Å². The molecule has 1 aliphatic heterocycles. The number of amides is 2. The predicted octanol–water partition coefficient (Wildman–Crippen LogP) is 4.49. The van der Waals surface area contributed by atoms with Gasteiger partial charge in [-0.15, -0.1) is 0 Å². The summed E-state index contributed by atoms with van der Waals surface area (Å²) in [6, 6.07) is 17.0. The molecule has 0 radical (unpaired) electrons. The van der Waals surface area contributed by atoms with Gasteiger partial charge in [0.15, 0.2) is 0 Å². The maximum atomic E-state index is 12.2. The van der Waals surface area contributed by atoms with Gasteiger partial charge in [-0.2, -0.15) is 5.26 Å². The highest BCUT2D eigenvalue weighted by Crippen LogP contribution is 2.38. The minimum absolute atomic E-state index is 0.0898. The molecule has 3 rings (SSSR count). The molecule has 1 aliphatic rings. The van der Waals surface area contributed by atoms with E-state index in [1.807, 2.05) is 36.4 Å². The van der Waals surface area contributed by atoms with Crippen molar-refractivity contribution in [1.82, 2.24) is 10.6 Å². The molecule has 8 heteroatoms.